The summed E-state index contributed by atoms with van der Waals surface area (Å²) >= 11 is 0. The van der Waals surface area contributed by atoms with Crippen LogP contribution in [-0.4, -0.2) is 36.5 Å². The van der Waals surface area contributed by atoms with E-state index < -0.39 is 0 Å². The fourth-order valence-electron chi connectivity index (χ4n) is 6.23. The first kappa shape index (κ1) is 19.2. The first-order valence-electron chi connectivity index (χ1n) is 10.9. The van der Waals surface area contributed by atoms with E-state index in [-0.39, 0.29) is 53.3 Å². The van der Waals surface area contributed by atoms with Crippen LogP contribution in [0.3, 0.4) is 0 Å². The van der Waals surface area contributed by atoms with Gasteiger partial charge in [-0.1, -0.05) is 5.16 Å². The Labute approximate surface area is 185 Å². The molecule has 2 bridgehead atoms. The van der Waals surface area contributed by atoms with E-state index in [1.807, 2.05) is 24.3 Å². The highest BCUT2D eigenvalue weighted by Crippen LogP contribution is 2.62. The van der Waals surface area contributed by atoms with Crippen molar-refractivity contribution in [3.8, 4) is 5.75 Å². The second-order valence-electron chi connectivity index (χ2n) is 9.03. The fourth-order valence-corrected chi connectivity index (χ4v) is 6.23. The van der Waals surface area contributed by atoms with E-state index in [0.717, 1.165) is 23.4 Å². The van der Waals surface area contributed by atoms with Crippen LogP contribution in [0.25, 0.3) is 0 Å². The van der Waals surface area contributed by atoms with E-state index in [9.17, 15) is 14.4 Å². The highest BCUT2D eigenvalue weighted by Gasteiger charge is 2.70. The Kier molecular flexibility index (Phi) is 4.06. The van der Waals surface area contributed by atoms with E-state index in [4.69, 9.17) is 9.57 Å². The normalized spacial score (nSPS) is 31.9. The lowest BCUT2D eigenvalue weighted by Crippen LogP contribution is -2.41. The minimum absolute atomic E-state index is 0.00596. The molecule has 0 radical (unpaired) electrons. The number of carbonyl (C=O) groups excluding carboxylic acids is 3. The molecule has 2 saturated carbocycles. The second kappa shape index (κ2) is 6.76. The predicted octanol–water partition coefficient (Wildman–Crippen LogP) is 3.07. The smallest absolute Gasteiger partial charge is 0.238 e. The average molecular weight is 430 g/mol. The number of hydrogen-bond donors (Lipinski definition) is 0. The molecule has 2 aliphatic carbocycles. The molecule has 3 fully saturated rings. The van der Waals surface area contributed by atoms with Gasteiger partial charge in [0.1, 0.15) is 11.9 Å². The number of amides is 2. The van der Waals surface area contributed by atoms with Gasteiger partial charge in [-0.3, -0.25) is 19.3 Å². The molecule has 162 valence electrons. The Balaban J connectivity index is 1.30. The van der Waals surface area contributed by atoms with E-state index in [2.05, 4.69) is 5.16 Å². The molecule has 2 amide bonds. The summed E-state index contributed by atoms with van der Waals surface area (Å²) in [5, 5.41) is 4.38. The standard InChI is InChI=1S/C25H22N2O5/c1-12(28)13-3-7-15(8-4-13)27-24(29)19-17-11-18(20(19)25(27)30)23-21(17)22(26-32-23)14-5-9-16(31-2)10-6-14/h3-10,17-21,23H,11H2,1-2H3/t17-,18-,19+,20-,21-,23+/m0/s1. The van der Waals surface area contributed by atoms with Crippen LogP contribution in [-0.2, 0) is 14.4 Å². The minimum Gasteiger partial charge on any atom is -0.497 e. The highest BCUT2D eigenvalue weighted by molar-refractivity contribution is 6.23. The largest absolute Gasteiger partial charge is 0.497 e. The number of anilines is 1. The summed E-state index contributed by atoms with van der Waals surface area (Å²) in [5.74, 6) is -0.319. The van der Waals surface area contributed by atoms with Gasteiger partial charge in [0, 0.05) is 23.0 Å². The molecule has 7 nitrogen and oxygen atoms in total. The Morgan fingerprint density at radius 3 is 2.25 bits per heavy atom. The second-order valence-corrected chi connectivity index (χ2v) is 9.03. The quantitative estimate of drug-likeness (QED) is 0.550. The molecule has 0 unspecified atom stereocenters. The maximum absolute atomic E-state index is 13.5. The van der Waals surface area contributed by atoms with Crippen molar-refractivity contribution in [3.05, 3.63) is 59.7 Å². The van der Waals surface area contributed by atoms with Gasteiger partial charge in [0.25, 0.3) is 0 Å². The minimum atomic E-state index is -0.369. The molecular formula is C25H22N2O5. The van der Waals surface area contributed by atoms with Crippen LogP contribution < -0.4 is 9.64 Å². The lowest BCUT2D eigenvalue weighted by Gasteiger charge is -2.29. The zero-order chi connectivity index (χ0) is 22.1. The molecule has 2 aromatic rings. The Morgan fingerprint density at radius 2 is 1.62 bits per heavy atom. The van der Waals surface area contributed by atoms with Gasteiger partial charge in [0.15, 0.2) is 5.78 Å². The third kappa shape index (κ3) is 2.48. The van der Waals surface area contributed by atoms with Crippen LogP contribution in [0.2, 0.25) is 0 Å². The number of benzene rings is 2. The van der Waals surface area contributed by atoms with Gasteiger partial charge in [-0.2, -0.15) is 0 Å². The third-order valence-electron chi connectivity index (χ3n) is 7.61. The number of nitrogens with zero attached hydrogens (tertiary/aromatic N) is 2. The summed E-state index contributed by atoms with van der Waals surface area (Å²) in [4.78, 5) is 45.5. The number of imide groups is 1. The first-order chi connectivity index (χ1) is 15.5. The monoisotopic (exact) mass is 430 g/mol. The molecule has 7 heteroatoms. The number of ketones is 1. The van der Waals surface area contributed by atoms with Gasteiger partial charge in [-0.05, 0) is 67.8 Å². The summed E-state index contributed by atoms with van der Waals surface area (Å²) in [6.07, 6.45) is 0.629. The molecule has 1 saturated heterocycles. The van der Waals surface area contributed by atoms with Gasteiger partial charge in [-0.25, -0.2) is 0 Å². The van der Waals surface area contributed by atoms with Gasteiger partial charge in [-0.15, -0.1) is 0 Å². The first-order valence-corrected chi connectivity index (χ1v) is 10.9. The van der Waals surface area contributed by atoms with Crippen LogP contribution in [0.5, 0.6) is 5.75 Å². The Morgan fingerprint density at radius 1 is 0.969 bits per heavy atom. The van der Waals surface area contributed by atoms with Crippen LogP contribution >= 0.6 is 0 Å². The molecule has 0 N–H and O–H groups in total. The zero-order valence-corrected chi connectivity index (χ0v) is 17.7. The van der Waals surface area contributed by atoms with Crippen LogP contribution in [0.1, 0.15) is 29.3 Å². The lowest BCUT2D eigenvalue weighted by molar-refractivity contribution is -0.125. The summed E-state index contributed by atoms with van der Waals surface area (Å²) in [7, 11) is 1.62. The number of hydrogen-bond acceptors (Lipinski definition) is 6. The number of Topliss-reactive ketones (excluding diaryl/α,β-unsaturated/α-hetero) is 1. The third-order valence-corrected chi connectivity index (χ3v) is 7.61. The van der Waals surface area contributed by atoms with E-state index >= 15 is 0 Å². The number of methoxy groups -OCH3 is 1. The number of rotatable bonds is 4. The van der Waals surface area contributed by atoms with Gasteiger partial charge >= 0.3 is 0 Å². The van der Waals surface area contributed by atoms with Crippen molar-refractivity contribution >= 4 is 29.0 Å². The number of carbonyl (C=O) groups is 3. The number of ether oxygens (including phenoxy) is 1. The molecule has 2 aliphatic heterocycles. The van der Waals surface area contributed by atoms with Crippen LogP contribution in [0, 0.1) is 29.6 Å². The van der Waals surface area contributed by atoms with Crippen molar-refractivity contribution in [2.24, 2.45) is 34.7 Å². The van der Waals surface area contributed by atoms with Gasteiger partial charge in [0.05, 0.1) is 30.3 Å². The maximum Gasteiger partial charge on any atom is 0.238 e. The SMILES string of the molecule is COc1ccc(C2=NO[C@@H]3[C@H]4C[C@H]([C@@H]23)[C@H]2C(=O)N(c3ccc(C(C)=O)cc3)C(=O)[C@@H]42)cc1. The van der Waals surface area contributed by atoms with Crippen molar-refractivity contribution in [2.75, 3.05) is 12.0 Å². The molecule has 0 spiro atoms. The molecule has 6 atom stereocenters. The van der Waals surface area contributed by atoms with Crippen molar-refractivity contribution in [1.29, 1.82) is 0 Å². The van der Waals surface area contributed by atoms with E-state index in [1.165, 1.54) is 11.8 Å². The van der Waals surface area contributed by atoms with Crippen molar-refractivity contribution in [2.45, 2.75) is 19.4 Å². The summed E-state index contributed by atoms with van der Waals surface area (Å²) in [6, 6.07) is 14.4. The van der Waals surface area contributed by atoms with Gasteiger partial charge < -0.3 is 9.57 Å². The Hall–Kier alpha value is -3.48. The summed E-state index contributed by atoms with van der Waals surface area (Å²) in [6.45, 7) is 1.49. The molecule has 6 rings (SSSR count). The van der Waals surface area contributed by atoms with Crippen molar-refractivity contribution in [1.82, 2.24) is 0 Å². The number of oxime groups is 1. The predicted molar refractivity (Wildman–Crippen MR) is 115 cm³/mol. The maximum atomic E-state index is 13.5. The topological polar surface area (TPSA) is 85.3 Å². The molecule has 32 heavy (non-hydrogen) atoms. The molecule has 2 aromatic carbocycles. The average Bonchev–Trinajstić information content (AvgIpc) is 3.54. The van der Waals surface area contributed by atoms with Crippen LogP contribution in [0.15, 0.2) is 53.7 Å². The molecular weight excluding hydrogens is 408 g/mol. The molecule has 4 aliphatic rings. The fraction of sp³-hybridized carbons (Fsp3) is 0.360. The van der Waals surface area contributed by atoms with Crippen molar-refractivity contribution < 1.29 is 24.0 Å². The number of fused-ring (bicyclic) bond motifs is 8. The van der Waals surface area contributed by atoms with Gasteiger partial charge in [0.2, 0.25) is 11.8 Å². The van der Waals surface area contributed by atoms with E-state index in [0.29, 0.717) is 11.3 Å². The highest BCUT2D eigenvalue weighted by atomic mass is 16.6. The zero-order valence-electron chi connectivity index (χ0n) is 17.7. The molecule has 0 aromatic heterocycles. The lowest BCUT2D eigenvalue weighted by atomic mass is 9.71. The molecule has 2 heterocycles. The summed E-state index contributed by atoms with van der Waals surface area (Å²) < 4.78 is 5.25. The van der Waals surface area contributed by atoms with Crippen molar-refractivity contribution in [3.63, 3.8) is 0 Å². The Bertz CT molecular complexity index is 1170. The summed E-state index contributed by atoms with van der Waals surface area (Å²) in [5.41, 5.74) is 2.88. The van der Waals surface area contributed by atoms with Crippen LogP contribution in [0.4, 0.5) is 5.69 Å². The van der Waals surface area contributed by atoms with E-state index in [1.54, 1.807) is 31.4 Å².